The van der Waals surface area contributed by atoms with Crippen LogP contribution in [0.25, 0.3) is 17.0 Å². The lowest BCUT2D eigenvalue weighted by Crippen LogP contribution is -2.55. The Bertz CT molecular complexity index is 2430. The molecular weight excluding hydrogens is 777 g/mol. The minimum Gasteiger partial charge on any atom is -0.453 e. The molecule has 1 saturated carbocycles. The highest BCUT2D eigenvalue weighted by atomic mass is 16.5. The third-order valence-electron chi connectivity index (χ3n) is 13.7. The molecule has 0 bridgehead atoms. The van der Waals surface area contributed by atoms with Gasteiger partial charge in [-0.3, -0.25) is 14.6 Å². The molecule has 3 N–H and O–H groups in total. The molecular formula is C46H58N8O7. The number of aromatic nitrogens is 3. The predicted octanol–water partition coefficient (Wildman–Crippen LogP) is 4.72. The molecule has 8 rings (SSSR count). The van der Waals surface area contributed by atoms with Crippen molar-refractivity contribution in [2.75, 3.05) is 27.3 Å². The van der Waals surface area contributed by atoms with E-state index < -0.39 is 24.3 Å². The van der Waals surface area contributed by atoms with E-state index in [2.05, 4.69) is 58.0 Å². The van der Waals surface area contributed by atoms with Crippen LogP contribution in [0.4, 0.5) is 9.59 Å². The summed E-state index contributed by atoms with van der Waals surface area (Å²) in [6.45, 7) is 17.3. The number of benzene rings is 1. The van der Waals surface area contributed by atoms with Crippen molar-refractivity contribution in [1.29, 1.82) is 0 Å². The van der Waals surface area contributed by atoms with Crippen LogP contribution in [0.5, 0.6) is 5.75 Å². The van der Waals surface area contributed by atoms with Crippen molar-refractivity contribution < 1.29 is 33.4 Å². The zero-order valence-electron chi connectivity index (χ0n) is 36.4. The lowest BCUT2D eigenvalue weighted by molar-refractivity contribution is -0.136. The zero-order valence-corrected chi connectivity index (χ0v) is 36.4. The first-order valence-corrected chi connectivity index (χ1v) is 21.6. The van der Waals surface area contributed by atoms with Crippen molar-refractivity contribution in [3.63, 3.8) is 0 Å². The van der Waals surface area contributed by atoms with Crippen molar-refractivity contribution >= 4 is 41.0 Å². The highest BCUT2D eigenvalue weighted by molar-refractivity contribution is 6.04. The molecule has 3 aromatic rings. The molecule has 4 amide bonds. The number of ether oxygens (including phenoxy) is 3. The van der Waals surface area contributed by atoms with Crippen LogP contribution in [-0.4, -0.2) is 105 Å². The van der Waals surface area contributed by atoms with Crippen molar-refractivity contribution in [2.45, 2.75) is 103 Å². The Hall–Kier alpha value is -5.86. The van der Waals surface area contributed by atoms with E-state index in [-0.39, 0.29) is 41.3 Å². The van der Waals surface area contributed by atoms with Gasteiger partial charge in [-0.25, -0.2) is 14.6 Å². The zero-order chi connectivity index (χ0) is 43.5. The fourth-order valence-electron chi connectivity index (χ4n) is 10.4. The monoisotopic (exact) mass is 834 g/mol. The van der Waals surface area contributed by atoms with Gasteiger partial charge >= 0.3 is 12.2 Å². The summed E-state index contributed by atoms with van der Waals surface area (Å²) in [5.74, 6) is 2.24. The maximum Gasteiger partial charge on any atom is 0.407 e. The number of H-pyrrole nitrogens is 1. The molecule has 324 valence electrons. The molecule has 0 radical (unpaired) electrons. The Kier molecular flexibility index (Phi) is 11.1. The number of aromatic amines is 1. The number of likely N-dealkylation sites (tertiary alicyclic amines) is 2. The summed E-state index contributed by atoms with van der Waals surface area (Å²) in [6, 6.07) is 6.64. The number of hydrogen-bond donors (Lipinski definition) is 3. The van der Waals surface area contributed by atoms with Gasteiger partial charge < -0.3 is 44.2 Å². The number of carbonyl (C=O) groups is 4. The Morgan fingerprint density at radius 1 is 0.967 bits per heavy atom. The number of amides is 4. The number of alkyl carbamates (subject to hydrolysis) is 2. The van der Waals surface area contributed by atoms with E-state index in [0.717, 1.165) is 70.9 Å². The molecule has 5 aliphatic rings. The van der Waals surface area contributed by atoms with E-state index in [1.165, 1.54) is 14.2 Å². The average Bonchev–Trinajstić information content (AvgIpc) is 4.04. The second-order valence-electron chi connectivity index (χ2n) is 17.7. The van der Waals surface area contributed by atoms with E-state index in [4.69, 9.17) is 24.2 Å². The molecule has 3 fully saturated rings. The Balaban J connectivity index is 1.05. The number of imidazole rings is 1. The van der Waals surface area contributed by atoms with Crippen molar-refractivity contribution in [2.24, 2.45) is 28.7 Å². The largest absolute Gasteiger partial charge is 0.453 e. The van der Waals surface area contributed by atoms with Crippen LogP contribution < -0.4 is 25.9 Å². The number of hydrogen-bond acceptors (Lipinski definition) is 9. The Morgan fingerprint density at radius 3 is 2.28 bits per heavy atom. The summed E-state index contributed by atoms with van der Waals surface area (Å²) >= 11 is 0. The average molecular weight is 835 g/mol. The molecule has 2 aromatic heterocycles. The summed E-state index contributed by atoms with van der Waals surface area (Å²) in [7, 11) is 2.60. The van der Waals surface area contributed by atoms with E-state index >= 15 is 0 Å². The third-order valence-corrected chi connectivity index (χ3v) is 13.7. The van der Waals surface area contributed by atoms with Crippen LogP contribution in [0.1, 0.15) is 96.8 Å². The van der Waals surface area contributed by atoms with E-state index in [9.17, 15) is 19.2 Å². The quantitative estimate of drug-likeness (QED) is 0.249. The molecule has 7 atom stereocenters. The number of fused-ring (bicyclic) bond motifs is 4. The predicted molar refractivity (Wildman–Crippen MR) is 229 cm³/mol. The van der Waals surface area contributed by atoms with Crippen LogP contribution in [-0.2, 0) is 19.1 Å². The van der Waals surface area contributed by atoms with Gasteiger partial charge in [-0.1, -0.05) is 47.3 Å². The molecule has 2 saturated heterocycles. The van der Waals surface area contributed by atoms with Crippen molar-refractivity contribution in [3.8, 4) is 11.4 Å². The van der Waals surface area contributed by atoms with Crippen LogP contribution in [0.3, 0.4) is 0 Å². The fraction of sp³-hybridized carbons (Fsp3) is 0.522. The highest BCUT2D eigenvalue weighted by Gasteiger charge is 2.71. The maximum absolute atomic E-state index is 14.0. The molecule has 1 aliphatic carbocycles. The first-order chi connectivity index (χ1) is 29.2. The second kappa shape index (κ2) is 16.2. The second-order valence-corrected chi connectivity index (χ2v) is 17.7. The third kappa shape index (κ3) is 7.08. The van der Waals surface area contributed by atoms with Gasteiger partial charge in [0.15, 0.2) is 11.5 Å². The van der Waals surface area contributed by atoms with Gasteiger partial charge in [0.05, 0.1) is 54.8 Å². The normalized spacial score (nSPS) is 25.2. The molecule has 15 nitrogen and oxygen atoms in total. The van der Waals surface area contributed by atoms with Gasteiger partial charge in [0.2, 0.25) is 11.8 Å². The summed E-state index contributed by atoms with van der Waals surface area (Å²) in [6.07, 6.45) is 8.51. The molecule has 6 heterocycles. The minimum atomic E-state index is -0.713. The Morgan fingerprint density at radius 2 is 1.62 bits per heavy atom. The van der Waals surface area contributed by atoms with Crippen LogP contribution in [0.15, 0.2) is 54.3 Å². The molecule has 15 heteroatoms. The number of aliphatic imine (C=N–C) groups is 1. The van der Waals surface area contributed by atoms with Gasteiger partial charge in [-0.15, -0.1) is 0 Å². The van der Waals surface area contributed by atoms with Crippen LogP contribution in [0, 0.1) is 23.7 Å². The number of methoxy groups -OCH3 is 2. The van der Waals surface area contributed by atoms with E-state index in [0.29, 0.717) is 42.3 Å². The number of carbonyl (C=O) groups excluding carboxylic acids is 4. The Labute approximate surface area is 356 Å². The van der Waals surface area contributed by atoms with Gasteiger partial charge in [0.1, 0.15) is 17.9 Å². The summed E-state index contributed by atoms with van der Waals surface area (Å²) < 4.78 is 18.4. The first kappa shape index (κ1) is 41.9. The van der Waals surface area contributed by atoms with Crippen LogP contribution in [0.2, 0.25) is 0 Å². The van der Waals surface area contributed by atoms with E-state index in [1.54, 1.807) is 6.08 Å². The summed E-state index contributed by atoms with van der Waals surface area (Å²) in [5, 5.41) is 7.30. The lowest BCUT2D eigenvalue weighted by atomic mass is 9.98. The van der Waals surface area contributed by atoms with Gasteiger partial charge in [-0.05, 0) is 98.1 Å². The molecule has 61 heavy (non-hydrogen) atoms. The van der Waals surface area contributed by atoms with Gasteiger partial charge in [0.25, 0.3) is 0 Å². The molecule has 4 aliphatic heterocycles. The first-order valence-electron chi connectivity index (χ1n) is 21.6. The van der Waals surface area contributed by atoms with Crippen molar-refractivity contribution in [3.05, 3.63) is 77.0 Å². The minimum absolute atomic E-state index is 0.0359. The smallest absolute Gasteiger partial charge is 0.407 e. The molecule has 0 spiro atoms. The topological polar surface area (TPSA) is 172 Å². The van der Waals surface area contributed by atoms with Gasteiger partial charge in [-0.2, -0.15) is 0 Å². The fourth-order valence-corrected chi connectivity index (χ4v) is 10.4. The van der Waals surface area contributed by atoms with Gasteiger partial charge in [0, 0.05) is 30.2 Å². The maximum atomic E-state index is 14.0. The number of nitrogens with zero attached hydrogens (tertiary/aromatic N) is 5. The number of rotatable bonds is 11. The van der Waals surface area contributed by atoms with Crippen molar-refractivity contribution in [1.82, 2.24) is 35.0 Å². The molecule has 7 unspecified atom stereocenters. The SMILES string of the molecule is C=CC1=c2c(=C(C)c3cnc(C4CCCN4C(=O)C(NC(=O)OC)C(C)C)[nH]3)ccn2-c2ccc(C3=NC4(C5CCCN5C(=O)C(NC(=O)OC)C(C)C)C(C)C4C3)cc2O1. The van der Waals surface area contributed by atoms with E-state index in [1.807, 2.05) is 56.8 Å². The van der Waals surface area contributed by atoms with Crippen LogP contribution >= 0.6 is 0 Å². The highest BCUT2D eigenvalue weighted by Crippen LogP contribution is 2.64. The standard InChI is InChI=1S/C46H58N8O7/c1-10-35-40-29(26(6)32-23-47-41(48-32)34-13-11-18-53(34)42(55)38(24(2)3)49-44(57)59-8)17-20-52(40)33-16-15-28(21-36(33)61-35)31-22-30-27(7)46(30,51-31)37-14-12-19-54(37)43(56)39(25(4)5)50-45(58)60-9/h10,15-17,20-21,23-25,27,30,34,37-39H,1,11-14,18-19,22H2,2-9H3,(H,47,48)(H,49,57)(H,50,58). The lowest BCUT2D eigenvalue weighted by Gasteiger charge is -2.34. The molecule has 1 aromatic carbocycles. The number of nitrogens with one attached hydrogen (secondary N) is 3. The summed E-state index contributed by atoms with van der Waals surface area (Å²) in [5.41, 5.74) is 4.33. The summed E-state index contributed by atoms with van der Waals surface area (Å²) in [4.78, 5) is 69.5.